The number of rotatable bonds is 3. The number of nitrogens with one attached hydrogen (secondary N) is 2. The molecule has 2 aliphatic rings. The molecule has 2 heterocycles. The van der Waals surface area contributed by atoms with Gasteiger partial charge >= 0.3 is 0 Å². The van der Waals surface area contributed by atoms with E-state index in [1.807, 2.05) is 11.0 Å². The van der Waals surface area contributed by atoms with Gasteiger partial charge in [0.15, 0.2) is 5.82 Å². The van der Waals surface area contributed by atoms with Crippen LogP contribution in [-0.4, -0.2) is 39.5 Å². The van der Waals surface area contributed by atoms with Gasteiger partial charge in [0.1, 0.15) is 0 Å². The van der Waals surface area contributed by atoms with Crippen molar-refractivity contribution < 1.29 is 9.59 Å². The highest BCUT2D eigenvalue weighted by molar-refractivity contribution is 5.96. The highest BCUT2D eigenvalue weighted by Gasteiger charge is 2.41. The van der Waals surface area contributed by atoms with Gasteiger partial charge in [-0.2, -0.15) is 5.10 Å². The number of amides is 2. The summed E-state index contributed by atoms with van der Waals surface area (Å²) in [7, 11) is 0. The number of aromatic amines is 1. The lowest BCUT2D eigenvalue weighted by Gasteiger charge is -2.15. The maximum Gasteiger partial charge on any atom is 0.230 e. The van der Waals surface area contributed by atoms with Crippen LogP contribution >= 0.6 is 0 Å². The zero-order valence-corrected chi connectivity index (χ0v) is 12.8. The maximum absolute atomic E-state index is 12.3. The van der Waals surface area contributed by atoms with Crippen LogP contribution < -0.4 is 5.32 Å². The lowest BCUT2D eigenvalue weighted by atomic mass is 9.92. The average molecular weight is 290 g/mol. The Kier molecular flexibility index (Phi) is 3.26. The number of nitrogens with zero attached hydrogens (tertiary/aromatic N) is 2. The Labute approximate surface area is 124 Å². The quantitative estimate of drug-likeness (QED) is 0.888. The van der Waals surface area contributed by atoms with E-state index in [0.29, 0.717) is 24.8 Å². The fraction of sp³-hybridized carbons (Fsp3) is 0.667. The normalized spacial score (nSPS) is 22.7. The van der Waals surface area contributed by atoms with Crippen molar-refractivity contribution in [3.05, 3.63) is 11.8 Å². The molecule has 6 heteroatoms. The molecular weight excluding hydrogens is 268 g/mol. The monoisotopic (exact) mass is 290 g/mol. The smallest absolute Gasteiger partial charge is 0.230 e. The van der Waals surface area contributed by atoms with Gasteiger partial charge in [0.25, 0.3) is 0 Å². The summed E-state index contributed by atoms with van der Waals surface area (Å²) in [5.74, 6) is 0.267. The van der Waals surface area contributed by atoms with E-state index in [1.54, 1.807) is 0 Å². The highest BCUT2D eigenvalue weighted by atomic mass is 16.2. The van der Waals surface area contributed by atoms with Crippen LogP contribution in [0.3, 0.4) is 0 Å². The van der Waals surface area contributed by atoms with Crippen LogP contribution in [0.25, 0.3) is 0 Å². The third-order valence-corrected chi connectivity index (χ3v) is 4.15. The third kappa shape index (κ3) is 2.94. The van der Waals surface area contributed by atoms with Gasteiger partial charge in [-0.25, -0.2) is 0 Å². The minimum Gasteiger partial charge on any atom is -0.339 e. The Morgan fingerprint density at radius 1 is 1.43 bits per heavy atom. The largest absolute Gasteiger partial charge is 0.339 e. The van der Waals surface area contributed by atoms with Crippen molar-refractivity contribution in [1.29, 1.82) is 0 Å². The molecule has 21 heavy (non-hydrogen) atoms. The highest BCUT2D eigenvalue weighted by Crippen LogP contribution is 2.33. The van der Waals surface area contributed by atoms with Crippen molar-refractivity contribution in [2.45, 2.75) is 51.5 Å². The Morgan fingerprint density at radius 2 is 2.14 bits per heavy atom. The number of hydrogen-bond acceptors (Lipinski definition) is 3. The molecule has 114 valence electrons. The predicted octanol–water partition coefficient (Wildman–Crippen LogP) is 1.66. The minimum atomic E-state index is -0.257. The van der Waals surface area contributed by atoms with Crippen LogP contribution in [0.2, 0.25) is 0 Å². The van der Waals surface area contributed by atoms with Gasteiger partial charge < -0.3 is 10.2 Å². The summed E-state index contributed by atoms with van der Waals surface area (Å²) in [6, 6.07) is 2.24. The van der Waals surface area contributed by atoms with E-state index in [4.69, 9.17) is 0 Å². The van der Waals surface area contributed by atoms with E-state index in [-0.39, 0.29) is 23.1 Å². The fourth-order valence-electron chi connectivity index (χ4n) is 2.64. The van der Waals surface area contributed by atoms with Crippen LogP contribution in [0.15, 0.2) is 6.07 Å². The first-order valence-electron chi connectivity index (χ1n) is 7.51. The molecule has 0 aromatic carbocycles. The van der Waals surface area contributed by atoms with Crippen molar-refractivity contribution in [1.82, 2.24) is 15.1 Å². The van der Waals surface area contributed by atoms with Gasteiger partial charge in [-0.05, 0) is 12.8 Å². The minimum absolute atomic E-state index is 0.0396. The number of carbonyl (C=O) groups is 2. The number of hydrogen-bond donors (Lipinski definition) is 2. The molecule has 2 N–H and O–H groups in total. The molecule has 0 bridgehead atoms. The average Bonchev–Trinajstić information content (AvgIpc) is 2.98. The lowest BCUT2D eigenvalue weighted by Crippen LogP contribution is -2.29. The number of anilines is 1. The van der Waals surface area contributed by atoms with Gasteiger partial charge in [-0.15, -0.1) is 0 Å². The topological polar surface area (TPSA) is 78.1 Å². The van der Waals surface area contributed by atoms with Crippen molar-refractivity contribution in [3.63, 3.8) is 0 Å². The van der Waals surface area contributed by atoms with Crippen molar-refractivity contribution in [2.24, 2.45) is 5.92 Å². The molecule has 2 amide bonds. The van der Waals surface area contributed by atoms with Gasteiger partial charge in [-0.1, -0.05) is 20.8 Å². The zero-order chi connectivity index (χ0) is 15.2. The molecule has 0 radical (unpaired) electrons. The number of H-pyrrole nitrogens is 1. The first kappa shape index (κ1) is 14.1. The summed E-state index contributed by atoms with van der Waals surface area (Å²) < 4.78 is 0. The van der Waals surface area contributed by atoms with E-state index in [0.717, 1.165) is 18.5 Å². The van der Waals surface area contributed by atoms with Crippen LogP contribution in [0.5, 0.6) is 0 Å². The third-order valence-electron chi connectivity index (χ3n) is 4.15. The Hall–Kier alpha value is -1.85. The zero-order valence-electron chi connectivity index (χ0n) is 12.8. The van der Waals surface area contributed by atoms with Gasteiger partial charge in [0, 0.05) is 36.2 Å². The number of aromatic nitrogens is 2. The summed E-state index contributed by atoms with van der Waals surface area (Å²) in [5, 5.41) is 9.89. The Balaban J connectivity index is 1.61. The van der Waals surface area contributed by atoms with Crippen LogP contribution in [0.4, 0.5) is 5.82 Å². The van der Waals surface area contributed by atoms with Crippen molar-refractivity contribution in [3.8, 4) is 0 Å². The first-order chi connectivity index (χ1) is 9.84. The second-order valence-corrected chi connectivity index (χ2v) is 7.08. The second-order valence-electron chi connectivity index (χ2n) is 7.08. The summed E-state index contributed by atoms with van der Waals surface area (Å²) >= 11 is 0. The standard InChI is InChI=1S/C15H22N4O2/c1-15(2,3)11-7-12(18-17-11)16-14(21)9-6-13(20)19(8-9)10-4-5-10/h7,9-10H,4-6,8H2,1-3H3,(H2,16,17,18,21). The first-order valence-corrected chi connectivity index (χ1v) is 7.51. The molecule has 1 aromatic rings. The van der Waals surface area contributed by atoms with Crippen molar-refractivity contribution in [2.75, 3.05) is 11.9 Å². The number of likely N-dealkylation sites (tertiary alicyclic amines) is 1. The number of carbonyl (C=O) groups excluding carboxylic acids is 2. The Bertz CT molecular complexity index is 568. The molecule has 3 rings (SSSR count). The summed E-state index contributed by atoms with van der Waals surface area (Å²) in [5.41, 5.74) is 0.933. The van der Waals surface area contributed by atoms with E-state index >= 15 is 0 Å². The van der Waals surface area contributed by atoms with E-state index in [1.165, 1.54) is 0 Å². The summed E-state index contributed by atoms with van der Waals surface area (Å²) in [6.45, 7) is 6.78. The van der Waals surface area contributed by atoms with Crippen LogP contribution in [0.1, 0.15) is 45.7 Å². The maximum atomic E-state index is 12.3. The molecule has 1 aliphatic carbocycles. The second kappa shape index (κ2) is 4.86. The summed E-state index contributed by atoms with van der Waals surface area (Å²) in [6.07, 6.45) is 2.47. The molecule has 1 saturated heterocycles. The van der Waals surface area contributed by atoms with E-state index in [2.05, 4.69) is 36.3 Å². The van der Waals surface area contributed by atoms with Crippen LogP contribution in [-0.2, 0) is 15.0 Å². The van der Waals surface area contributed by atoms with Crippen molar-refractivity contribution >= 4 is 17.6 Å². The lowest BCUT2D eigenvalue weighted by molar-refractivity contribution is -0.128. The Morgan fingerprint density at radius 3 is 2.71 bits per heavy atom. The molecule has 6 nitrogen and oxygen atoms in total. The SMILES string of the molecule is CC(C)(C)c1cc(NC(=O)C2CC(=O)N(C3CC3)C2)n[nH]1. The summed E-state index contributed by atoms with van der Waals surface area (Å²) in [4.78, 5) is 26.0. The molecule has 1 unspecified atom stereocenters. The molecule has 1 aliphatic heterocycles. The molecule has 1 aromatic heterocycles. The molecule has 1 atom stereocenters. The predicted molar refractivity (Wildman–Crippen MR) is 78.8 cm³/mol. The van der Waals surface area contributed by atoms with E-state index < -0.39 is 0 Å². The molecule has 2 fully saturated rings. The van der Waals surface area contributed by atoms with Crippen LogP contribution in [0, 0.1) is 5.92 Å². The van der Waals surface area contributed by atoms with E-state index in [9.17, 15) is 9.59 Å². The molecule has 0 spiro atoms. The van der Waals surface area contributed by atoms with Gasteiger partial charge in [0.2, 0.25) is 11.8 Å². The fourth-order valence-corrected chi connectivity index (χ4v) is 2.64. The molecule has 1 saturated carbocycles. The molecular formula is C15H22N4O2. The van der Waals surface area contributed by atoms with Gasteiger partial charge in [0.05, 0.1) is 5.92 Å². The van der Waals surface area contributed by atoms with Gasteiger partial charge in [-0.3, -0.25) is 14.7 Å².